The Morgan fingerprint density at radius 1 is 0.750 bits per heavy atom. The van der Waals surface area contributed by atoms with Gasteiger partial charge in [-0.1, -0.05) is 30.3 Å². The zero-order valence-corrected chi connectivity index (χ0v) is 11.5. The van der Waals surface area contributed by atoms with Crippen LogP contribution in [0.1, 0.15) is 37.2 Å². The molecule has 2 heteroatoms. The molecule has 2 aromatic carbocycles. The number of ether oxygens (including phenoxy) is 1. The van der Waals surface area contributed by atoms with Gasteiger partial charge in [-0.2, -0.15) is 0 Å². The lowest BCUT2D eigenvalue weighted by atomic mass is 9.83. The van der Waals surface area contributed by atoms with E-state index in [-0.39, 0.29) is 6.10 Å². The predicted molar refractivity (Wildman–Crippen MR) is 80.2 cm³/mol. The molecule has 20 heavy (non-hydrogen) atoms. The molecule has 1 N–H and O–H groups in total. The van der Waals surface area contributed by atoms with E-state index in [9.17, 15) is 5.11 Å². The first-order valence-corrected chi connectivity index (χ1v) is 7.32. The van der Waals surface area contributed by atoms with Gasteiger partial charge in [-0.05, 0) is 61.4 Å². The van der Waals surface area contributed by atoms with Crippen LogP contribution in [0.15, 0.2) is 54.6 Å². The molecular formula is C18H20O2. The summed E-state index contributed by atoms with van der Waals surface area (Å²) in [4.78, 5) is 0. The lowest BCUT2D eigenvalue weighted by Crippen LogP contribution is -2.16. The van der Waals surface area contributed by atoms with E-state index >= 15 is 0 Å². The number of rotatable bonds is 3. The predicted octanol–water partition coefficient (Wildman–Crippen LogP) is 4.50. The standard InChI is InChI=1S/C18H20O2/c19-16-10-6-14(7-11-16)15-8-12-18(13-9-15)20-17-4-2-1-3-5-17/h1-5,8-9,12-14,16,19H,6-7,10-11H2. The van der Waals surface area contributed by atoms with Gasteiger partial charge in [-0.3, -0.25) is 0 Å². The molecule has 0 bridgehead atoms. The number of para-hydroxylation sites is 1. The van der Waals surface area contributed by atoms with Crippen LogP contribution in [-0.4, -0.2) is 11.2 Å². The van der Waals surface area contributed by atoms with E-state index in [1.54, 1.807) is 0 Å². The SMILES string of the molecule is OC1CCC(c2ccc(Oc3ccccc3)cc2)CC1. The minimum Gasteiger partial charge on any atom is -0.457 e. The van der Waals surface area contributed by atoms with Crippen molar-refractivity contribution >= 4 is 0 Å². The molecule has 2 nitrogen and oxygen atoms in total. The zero-order chi connectivity index (χ0) is 13.8. The first-order chi connectivity index (χ1) is 9.81. The van der Waals surface area contributed by atoms with E-state index < -0.39 is 0 Å². The van der Waals surface area contributed by atoms with Gasteiger partial charge in [0.15, 0.2) is 0 Å². The van der Waals surface area contributed by atoms with Crippen molar-refractivity contribution in [1.29, 1.82) is 0 Å². The number of aliphatic hydroxyl groups excluding tert-OH is 1. The van der Waals surface area contributed by atoms with Crippen LogP contribution in [0.3, 0.4) is 0 Å². The van der Waals surface area contributed by atoms with Crippen molar-refractivity contribution in [2.75, 3.05) is 0 Å². The van der Waals surface area contributed by atoms with Crippen LogP contribution in [-0.2, 0) is 0 Å². The maximum absolute atomic E-state index is 9.56. The van der Waals surface area contributed by atoms with Crippen LogP contribution in [0.2, 0.25) is 0 Å². The summed E-state index contributed by atoms with van der Waals surface area (Å²) in [5.74, 6) is 2.32. The molecule has 0 saturated heterocycles. The summed E-state index contributed by atoms with van der Waals surface area (Å²) in [5, 5.41) is 9.56. The van der Waals surface area contributed by atoms with Crippen molar-refractivity contribution in [2.24, 2.45) is 0 Å². The Balaban J connectivity index is 1.65. The molecule has 1 fully saturated rings. The smallest absolute Gasteiger partial charge is 0.127 e. The van der Waals surface area contributed by atoms with E-state index in [2.05, 4.69) is 12.1 Å². The van der Waals surface area contributed by atoms with Crippen molar-refractivity contribution in [3.63, 3.8) is 0 Å². The molecule has 0 spiro atoms. The average Bonchev–Trinajstić information content (AvgIpc) is 2.50. The van der Waals surface area contributed by atoms with Crippen molar-refractivity contribution in [3.05, 3.63) is 60.2 Å². The lowest BCUT2D eigenvalue weighted by molar-refractivity contribution is 0.122. The molecule has 104 valence electrons. The molecule has 1 aliphatic carbocycles. The van der Waals surface area contributed by atoms with E-state index in [1.807, 2.05) is 42.5 Å². The summed E-state index contributed by atoms with van der Waals surface area (Å²) < 4.78 is 5.80. The summed E-state index contributed by atoms with van der Waals surface area (Å²) in [5.41, 5.74) is 1.36. The average molecular weight is 268 g/mol. The van der Waals surface area contributed by atoms with Gasteiger partial charge in [0.05, 0.1) is 6.10 Å². The van der Waals surface area contributed by atoms with Crippen molar-refractivity contribution in [3.8, 4) is 11.5 Å². The molecule has 0 radical (unpaired) electrons. The summed E-state index contributed by atoms with van der Waals surface area (Å²) in [6.45, 7) is 0. The van der Waals surface area contributed by atoms with Crippen LogP contribution >= 0.6 is 0 Å². The largest absolute Gasteiger partial charge is 0.457 e. The number of benzene rings is 2. The first kappa shape index (κ1) is 13.2. The highest BCUT2D eigenvalue weighted by Crippen LogP contribution is 2.34. The van der Waals surface area contributed by atoms with Crippen molar-refractivity contribution in [1.82, 2.24) is 0 Å². The van der Waals surface area contributed by atoms with E-state index in [0.29, 0.717) is 5.92 Å². The van der Waals surface area contributed by atoms with Crippen LogP contribution in [0, 0.1) is 0 Å². The second-order valence-corrected chi connectivity index (χ2v) is 5.49. The van der Waals surface area contributed by atoms with Crippen LogP contribution in [0.4, 0.5) is 0 Å². The Hall–Kier alpha value is -1.80. The molecule has 1 aliphatic rings. The van der Waals surface area contributed by atoms with Gasteiger partial charge in [-0.25, -0.2) is 0 Å². The Morgan fingerprint density at radius 2 is 1.35 bits per heavy atom. The van der Waals surface area contributed by atoms with E-state index in [0.717, 1.165) is 37.2 Å². The maximum atomic E-state index is 9.56. The Kier molecular flexibility index (Phi) is 4.03. The molecule has 0 aromatic heterocycles. The topological polar surface area (TPSA) is 29.5 Å². The van der Waals surface area contributed by atoms with Gasteiger partial charge in [0.25, 0.3) is 0 Å². The van der Waals surface area contributed by atoms with Crippen molar-refractivity contribution < 1.29 is 9.84 Å². The number of hydrogen-bond acceptors (Lipinski definition) is 2. The second-order valence-electron chi connectivity index (χ2n) is 5.49. The Morgan fingerprint density at radius 3 is 2.00 bits per heavy atom. The minimum atomic E-state index is -0.0908. The van der Waals surface area contributed by atoms with Crippen LogP contribution in [0.5, 0.6) is 11.5 Å². The second kappa shape index (κ2) is 6.10. The molecule has 0 heterocycles. The molecule has 0 amide bonds. The van der Waals surface area contributed by atoms with E-state index in [1.165, 1.54) is 5.56 Å². The van der Waals surface area contributed by atoms with Gasteiger partial charge >= 0.3 is 0 Å². The Bertz CT molecular complexity index is 525. The third kappa shape index (κ3) is 3.20. The minimum absolute atomic E-state index is 0.0908. The normalized spacial score (nSPS) is 22.4. The van der Waals surface area contributed by atoms with Crippen molar-refractivity contribution in [2.45, 2.75) is 37.7 Å². The molecular weight excluding hydrogens is 248 g/mol. The monoisotopic (exact) mass is 268 g/mol. The zero-order valence-electron chi connectivity index (χ0n) is 11.5. The fourth-order valence-corrected chi connectivity index (χ4v) is 2.84. The number of aliphatic hydroxyl groups is 1. The van der Waals surface area contributed by atoms with Crippen LogP contribution < -0.4 is 4.74 Å². The molecule has 0 atom stereocenters. The molecule has 2 aromatic rings. The fraction of sp³-hybridized carbons (Fsp3) is 0.333. The van der Waals surface area contributed by atoms with Gasteiger partial charge in [-0.15, -0.1) is 0 Å². The first-order valence-electron chi connectivity index (χ1n) is 7.32. The Labute approximate surface area is 120 Å². The van der Waals surface area contributed by atoms with Gasteiger partial charge < -0.3 is 9.84 Å². The molecule has 0 unspecified atom stereocenters. The summed E-state index contributed by atoms with van der Waals surface area (Å²) >= 11 is 0. The molecule has 1 saturated carbocycles. The third-order valence-electron chi connectivity index (χ3n) is 4.03. The quantitative estimate of drug-likeness (QED) is 0.888. The number of hydrogen-bond donors (Lipinski definition) is 1. The highest BCUT2D eigenvalue weighted by molar-refractivity contribution is 5.34. The highest BCUT2D eigenvalue weighted by Gasteiger charge is 2.20. The summed E-state index contributed by atoms with van der Waals surface area (Å²) in [6, 6.07) is 18.2. The summed E-state index contributed by atoms with van der Waals surface area (Å²) in [7, 11) is 0. The van der Waals surface area contributed by atoms with Gasteiger partial charge in [0.2, 0.25) is 0 Å². The van der Waals surface area contributed by atoms with Gasteiger partial charge in [0, 0.05) is 0 Å². The maximum Gasteiger partial charge on any atom is 0.127 e. The van der Waals surface area contributed by atoms with E-state index in [4.69, 9.17) is 4.74 Å². The molecule has 3 rings (SSSR count). The molecule has 0 aliphatic heterocycles. The van der Waals surface area contributed by atoms with Crippen LogP contribution in [0.25, 0.3) is 0 Å². The third-order valence-corrected chi connectivity index (χ3v) is 4.03. The summed E-state index contributed by atoms with van der Waals surface area (Å²) in [6.07, 6.45) is 3.92. The highest BCUT2D eigenvalue weighted by atomic mass is 16.5. The lowest BCUT2D eigenvalue weighted by Gasteiger charge is -2.25. The fourth-order valence-electron chi connectivity index (χ4n) is 2.84. The van der Waals surface area contributed by atoms with Gasteiger partial charge in [0.1, 0.15) is 11.5 Å².